The van der Waals surface area contributed by atoms with Crippen molar-refractivity contribution >= 4 is 41.2 Å². The first-order chi connectivity index (χ1) is 20.1. The third kappa shape index (κ3) is 9.08. The molecule has 3 aliphatic rings. The molecular weight excluding hydrogens is 780 g/mol. The number of nitrogens with zero attached hydrogens (tertiary/aromatic N) is 2. The van der Waals surface area contributed by atoms with Crippen LogP contribution in [0.5, 0.6) is 0 Å². The van der Waals surface area contributed by atoms with Gasteiger partial charge in [-0.05, 0) is 43.5 Å². The summed E-state index contributed by atoms with van der Waals surface area (Å²) in [5.74, 6) is -2.59. The fraction of sp³-hybridized carbons (Fsp3) is 0.333. The van der Waals surface area contributed by atoms with Crippen LogP contribution in [0.4, 0.5) is 5.69 Å². The number of benzene rings is 2. The van der Waals surface area contributed by atoms with Crippen LogP contribution in [0, 0.1) is 44.6 Å². The van der Waals surface area contributed by atoms with Gasteiger partial charge in [0, 0.05) is 37.6 Å². The Labute approximate surface area is 273 Å². The normalized spacial score (nSPS) is 21.1. The van der Waals surface area contributed by atoms with Gasteiger partial charge in [0.25, 0.3) is 17.8 Å². The van der Waals surface area contributed by atoms with Crippen LogP contribution in [-0.2, 0) is 28.7 Å². The summed E-state index contributed by atoms with van der Waals surface area (Å²) in [6, 6.07) is 13.4. The molecule has 43 heavy (non-hydrogen) atoms. The molecule has 2 aromatic rings. The summed E-state index contributed by atoms with van der Waals surface area (Å²) in [5.41, 5.74) is 1.87. The van der Waals surface area contributed by atoms with E-state index in [0.717, 1.165) is 10.6 Å². The fourth-order valence-electron chi connectivity index (χ4n) is 4.83. The van der Waals surface area contributed by atoms with E-state index >= 15 is 0 Å². The van der Waals surface area contributed by atoms with Gasteiger partial charge in [-0.25, -0.2) is 5.01 Å². The van der Waals surface area contributed by atoms with Crippen LogP contribution in [0.15, 0.2) is 54.6 Å². The average Bonchev–Trinajstić information content (AvgIpc) is 3.34. The largest absolute Gasteiger partial charge is 2.00 e. The van der Waals surface area contributed by atoms with E-state index in [-0.39, 0.29) is 74.3 Å². The Morgan fingerprint density at radius 1 is 0.977 bits per heavy atom. The third-order valence-corrected chi connectivity index (χ3v) is 6.86. The monoisotopic (exact) mass is 813 g/mol. The fourth-order valence-corrected chi connectivity index (χ4v) is 4.83. The predicted octanol–water partition coefficient (Wildman–Crippen LogP) is 1.73. The number of nitrogens with one attached hydrogen (secondary N) is 3. The number of hydrogen-bond acceptors (Lipinski definition) is 7. The van der Waals surface area contributed by atoms with Crippen LogP contribution in [0.1, 0.15) is 54.9 Å². The zero-order valence-corrected chi connectivity index (χ0v) is 27.9. The van der Waals surface area contributed by atoms with Crippen molar-refractivity contribution in [2.75, 3.05) is 11.9 Å². The molecule has 0 spiro atoms. The smallest absolute Gasteiger partial charge is 0.635 e. The summed E-state index contributed by atoms with van der Waals surface area (Å²) >= 11 is 0. The summed E-state index contributed by atoms with van der Waals surface area (Å²) < 4.78 is 4.76. The summed E-state index contributed by atoms with van der Waals surface area (Å²) in [5, 5.41) is 10.4. The van der Waals surface area contributed by atoms with E-state index in [1.54, 1.807) is 12.1 Å². The topological polar surface area (TPSA) is 154 Å². The van der Waals surface area contributed by atoms with E-state index in [0.29, 0.717) is 18.5 Å². The zero-order valence-electron chi connectivity index (χ0n) is 23.7. The molecule has 2 aromatic carbocycles. The van der Waals surface area contributed by atoms with E-state index in [4.69, 9.17) is 4.74 Å². The van der Waals surface area contributed by atoms with E-state index in [9.17, 15) is 28.8 Å². The molecule has 3 atom stereocenters. The molecule has 0 saturated carbocycles. The van der Waals surface area contributed by atoms with Gasteiger partial charge in [-0.1, -0.05) is 12.1 Å². The number of cyclic esters (lactones) is 1. The Hall–Kier alpha value is -3.82. The minimum absolute atomic E-state index is 0. The third-order valence-electron chi connectivity index (χ3n) is 6.86. The second-order valence-corrected chi connectivity index (χ2v) is 10.1. The van der Waals surface area contributed by atoms with Crippen molar-refractivity contribution in [1.82, 2.24) is 20.7 Å². The number of carbonyl (C=O) groups excluding carboxylic acids is 6. The Balaban J connectivity index is 0.000000556. The molecular formula is C30H33N5O7U. The van der Waals surface area contributed by atoms with Gasteiger partial charge in [0.2, 0.25) is 17.7 Å². The number of hydrazine groups is 1. The van der Waals surface area contributed by atoms with E-state index < -0.39 is 41.8 Å². The Bertz CT molecular complexity index is 1340. The first-order valence-corrected chi connectivity index (χ1v) is 13.6. The van der Waals surface area contributed by atoms with Crippen LogP contribution >= 0.6 is 0 Å². The maximum atomic E-state index is 13.5. The summed E-state index contributed by atoms with van der Waals surface area (Å²) in [6.07, 6.45) is 0.965. The Morgan fingerprint density at radius 2 is 1.67 bits per heavy atom. The van der Waals surface area contributed by atoms with Gasteiger partial charge < -0.3 is 20.7 Å². The number of amides is 5. The van der Waals surface area contributed by atoms with E-state index in [2.05, 4.69) is 22.9 Å². The second-order valence-electron chi connectivity index (χ2n) is 10.1. The summed E-state index contributed by atoms with van der Waals surface area (Å²) in [6.45, 7) is 6.61. The van der Waals surface area contributed by atoms with Gasteiger partial charge in [0.05, 0.1) is 0 Å². The molecule has 13 heteroatoms. The molecule has 0 bridgehead atoms. The molecule has 0 radical (unpaired) electrons. The SMILES string of the molecule is CC(=O)Nc1ccc(C(=O)N[C@H]2CCC(=O)N3CCC[C@@H](C(=O)N[C@@H]4[CH-]OC(=O)C4)N3C2=O)cc1.[CH2-]c1ccccc1.[U+2]. The molecule has 5 amide bonds. The van der Waals surface area contributed by atoms with Crippen molar-refractivity contribution < 1.29 is 64.6 Å². The molecule has 3 N–H and O–H groups in total. The van der Waals surface area contributed by atoms with Gasteiger partial charge in [0.1, 0.15) is 12.1 Å². The first kappa shape index (κ1) is 33.7. The minimum atomic E-state index is -1.01. The van der Waals surface area contributed by atoms with Crippen LogP contribution in [0.3, 0.4) is 0 Å². The average molecular weight is 814 g/mol. The summed E-state index contributed by atoms with van der Waals surface area (Å²) in [4.78, 5) is 74.6. The Morgan fingerprint density at radius 3 is 2.26 bits per heavy atom. The van der Waals surface area contributed by atoms with Crippen molar-refractivity contribution in [3.8, 4) is 0 Å². The van der Waals surface area contributed by atoms with E-state index in [1.165, 1.54) is 30.7 Å². The second kappa shape index (κ2) is 15.6. The number of esters is 1. The predicted molar refractivity (Wildman–Crippen MR) is 151 cm³/mol. The molecule has 3 aliphatic heterocycles. The molecule has 224 valence electrons. The van der Waals surface area contributed by atoms with Crippen LogP contribution < -0.4 is 16.0 Å². The number of ether oxygens (including phenoxy) is 1. The number of hydrogen-bond donors (Lipinski definition) is 3. The minimum Gasteiger partial charge on any atom is -0.635 e. The van der Waals surface area contributed by atoms with Crippen LogP contribution in [-0.4, -0.2) is 70.2 Å². The van der Waals surface area contributed by atoms with Crippen molar-refractivity contribution in [2.24, 2.45) is 0 Å². The van der Waals surface area contributed by atoms with Gasteiger partial charge >= 0.3 is 31.1 Å². The van der Waals surface area contributed by atoms with Gasteiger partial charge in [-0.3, -0.25) is 33.8 Å². The van der Waals surface area contributed by atoms with Gasteiger partial charge in [-0.15, -0.1) is 18.7 Å². The number of fused-ring (bicyclic) bond motifs is 1. The van der Waals surface area contributed by atoms with Crippen LogP contribution in [0.2, 0.25) is 0 Å². The van der Waals surface area contributed by atoms with Crippen molar-refractivity contribution in [3.63, 3.8) is 0 Å². The Kier molecular flexibility index (Phi) is 12.2. The molecule has 3 saturated heterocycles. The van der Waals surface area contributed by atoms with Crippen molar-refractivity contribution in [2.45, 2.75) is 57.2 Å². The first-order valence-electron chi connectivity index (χ1n) is 13.6. The van der Waals surface area contributed by atoms with Crippen molar-refractivity contribution in [3.05, 3.63) is 79.3 Å². The molecule has 0 aliphatic carbocycles. The van der Waals surface area contributed by atoms with Gasteiger partial charge in [-0.2, -0.15) is 24.6 Å². The van der Waals surface area contributed by atoms with Gasteiger partial charge in [0.15, 0.2) is 0 Å². The quantitative estimate of drug-likeness (QED) is 0.307. The summed E-state index contributed by atoms with van der Waals surface area (Å²) in [7, 11) is 0. The molecule has 3 heterocycles. The zero-order chi connectivity index (χ0) is 30.2. The van der Waals surface area contributed by atoms with Crippen LogP contribution in [0.25, 0.3) is 0 Å². The number of anilines is 1. The molecule has 5 rings (SSSR count). The number of carbonyl (C=O) groups is 6. The number of rotatable bonds is 5. The van der Waals surface area contributed by atoms with E-state index in [1.807, 2.05) is 30.3 Å². The maximum Gasteiger partial charge on any atom is 2.00 e. The molecule has 0 aromatic heterocycles. The standard InChI is InChI=1S/C23H26N5O7.C7H7.U/c1-13(29)24-15-6-4-14(5-7-15)21(32)26-17-8-9-19(30)27-10-2-3-18(28(27)23(17)34)22(33)25-16-11-20(31)35-12-16;1-7-5-3-2-4-6-7;/h4-7,12,16-18H,2-3,8-11H2,1H3,(H,24,29)(H,25,33)(H,26,32);2-6H,1H2;/q2*-1;+2/t16-,17-,18-;;/m0../s1. The maximum absolute atomic E-state index is 13.5. The van der Waals surface area contributed by atoms with Crippen molar-refractivity contribution in [1.29, 1.82) is 0 Å². The molecule has 0 unspecified atom stereocenters. The molecule has 12 nitrogen and oxygen atoms in total. The molecule has 3 fully saturated rings.